The van der Waals surface area contributed by atoms with Gasteiger partial charge in [0.25, 0.3) is 11.5 Å². The van der Waals surface area contributed by atoms with Crippen molar-refractivity contribution in [3.8, 4) is 5.75 Å². The number of likely N-dealkylation sites (tertiary alicyclic amines) is 1. The second-order valence-corrected chi connectivity index (χ2v) is 9.16. The van der Waals surface area contributed by atoms with E-state index in [2.05, 4.69) is 25.5 Å². The molecule has 176 valence electrons. The third-order valence-corrected chi connectivity index (χ3v) is 6.96. The number of piperidine rings is 1. The fourth-order valence-corrected chi connectivity index (χ4v) is 5.27. The quantitative estimate of drug-likeness (QED) is 0.592. The minimum atomic E-state index is -0.263. The van der Waals surface area contributed by atoms with Gasteiger partial charge in [-0.3, -0.25) is 9.59 Å². The van der Waals surface area contributed by atoms with Crippen molar-refractivity contribution in [2.24, 2.45) is 0 Å². The molecule has 1 atom stereocenters. The normalized spacial score (nSPS) is 20.3. The lowest BCUT2D eigenvalue weighted by atomic mass is 10.0. The molecule has 34 heavy (non-hydrogen) atoms. The minimum Gasteiger partial charge on any atom is -0.480 e. The molecule has 3 aromatic rings. The number of anilines is 1. The van der Waals surface area contributed by atoms with E-state index < -0.39 is 0 Å². The Kier molecular flexibility index (Phi) is 5.26. The lowest BCUT2D eigenvalue weighted by Gasteiger charge is -2.34. The smallest absolute Gasteiger partial charge is 0.269 e. The van der Waals surface area contributed by atoms with E-state index in [0.717, 1.165) is 31.6 Å². The van der Waals surface area contributed by atoms with Crippen LogP contribution in [-0.4, -0.2) is 57.6 Å². The van der Waals surface area contributed by atoms with Gasteiger partial charge in [0.1, 0.15) is 5.82 Å². The number of carbonyl (C=O) groups excluding carboxylic acids is 1. The predicted molar refractivity (Wildman–Crippen MR) is 123 cm³/mol. The number of aromatic nitrogens is 3. The van der Waals surface area contributed by atoms with E-state index in [-0.39, 0.29) is 29.9 Å². The fraction of sp³-hybridized carbons (Fsp3) is 0.417. The molecule has 3 aliphatic rings. The Morgan fingerprint density at radius 3 is 2.88 bits per heavy atom. The summed E-state index contributed by atoms with van der Waals surface area (Å²) in [6, 6.07) is 7.10. The van der Waals surface area contributed by atoms with Crippen molar-refractivity contribution in [2.45, 2.75) is 37.9 Å². The first kappa shape index (κ1) is 21.2. The number of carbonyl (C=O) groups is 1. The van der Waals surface area contributed by atoms with E-state index in [1.165, 1.54) is 12.3 Å². The summed E-state index contributed by atoms with van der Waals surface area (Å²) in [4.78, 5) is 35.1. The van der Waals surface area contributed by atoms with Crippen LogP contribution in [0.2, 0.25) is 0 Å². The third kappa shape index (κ3) is 3.82. The Hall–Kier alpha value is -3.37. The van der Waals surface area contributed by atoms with Gasteiger partial charge in [0, 0.05) is 24.7 Å². The first-order valence-electron chi connectivity index (χ1n) is 11.6. The largest absolute Gasteiger partial charge is 0.480 e. The number of amides is 1. The highest BCUT2D eigenvalue weighted by atomic mass is 19.1. The zero-order valence-corrected chi connectivity index (χ0v) is 18.6. The first-order valence-corrected chi connectivity index (χ1v) is 11.6. The summed E-state index contributed by atoms with van der Waals surface area (Å²) in [5, 5.41) is 6.30. The molecular formula is C24H25FN6O3. The van der Waals surface area contributed by atoms with Crippen LogP contribution >= 0.6 is 0 Å². The van der Waals surface area contributed by atoms with Crippen LogP contribution in [0.4, 0.5) is 10.2 Å². The van der Waals surface area contributed by atoms with E-state index in [4.69, 9.17) is 4.74 Å². The standard InChI is InChI=1S/C24H25FN6O3/c25-18-2-3-19-23-17(18)9-16(31(23)22(33)11-27-19)12-30-7-5-14(6-8-30)26-10-15-1-4-20-24(28-15)29-21(32)13-34-20/h1-4,11,14,16,26H,5-10,12-13H2,(H,28,29,32). The number of ether oxygens (including phenoxy) is 1. The van der Waals surface area contributed by atoms with Crippen molar-refractivity contribution in [3.05, 3.63) is 57.9 Å². The van der Waals surface area contributed by atoms with E-state index in [1.54, 1.807) is 10.6 Å². The second kappa shape index (κ2) is 8.44. The summed E-state index contributed by atoms with van der Waals surface area (Å²) in [7, 11) is 0. The van der Waals surface area contributed by atoms with Crippen molar-refractivity contribution in [1.82, 2.24) is 24.8 Å². The highest BCUT2D eigenvalue weighted by Crippen LogP contribution is 2.32. The van der Waals surface area contributed by atoms with Crippen LogP contribution in [-0.2, 0) is 17.8 Å². The number of hydrogen-bond donors (Lipinski definition) is 2. The molecule has 1 fully saturated rings. The van der Waals surface area contributed by atoms with Crippen molar-refractivity contribution in [3.63, 3.8) is 0 Å². The second-order valence-electron chi connectivity index (χ2n) is 9.16. The molecule has 6 rings (SSSR count). The maximum atomic E-state index is 14.4. The molecule has 0 radical (unpaired) electrons. The van der Waals surface area contributed by atoms with E-state index >= 15 is 0 Å². The lowest BCUT2D eigenvalue weighted by molar-refractivity contribution is -0.118. The topological polar surface area (TPSA) is 101 Å². The van der Waals surface area contributed by atoms with Gasteiger partial charge in [0.2, 0.25) is 0 Å². The monoisotopic (exact) mass is 464 g/mol. The number of rotatable bonds is 5. The van der Waals surface area contributed by atoms with Crippen molar-refractivity contribution < 1.29 is 13.9 Å². The van der Waals surface area contributed by atoms with Crippen molar-refractivity contribution in [2.75, 3.05) is 31.6 Å². The zero-order valence-electron chi connectivity index (χ0n) is 18.6. The zero-order chi connectivity index (χ0) is 23.2. The molecule has 9 nitrogen and oxygen atoms in total. The average Bonchev–Trinajstić information content (AvgIpc) is 3.23. The molecular weight excluding hydrogens is 439 g/mol. The molecule has 0 saturated carbocycles. The van der Waals surface area contributed by atoms with Crippen LogP contribution in [0.3, 0.4) is 0 Å². The van der Waals surface area contributed by atoms with E-state index in [9.17, 15) is 14.0 Å². The molecule has 0 bridgehead atoms. The summed E-state index contributed by atoms with van der Waals surface area (Å²) in [6.45, 7) is 3.14. The van der Waals surface area contributed by atoms with Gasteiger partial charge in [-0.1, -0.05) is 0 Å². The minimum absolute atomic E-state index is 0.0212. The van der Waals surface area contributed by atoms with Crippen molar-refractivity contribution in [1.29, 1.82) is 0 Å². The Balaban J connectivity index is 1.06. The third-order valence-electron chi connectivity index (χ3n) is 6.96. The van der Waals surface area contributed by atoms with Crippen LogP contribution in [0, 0.1) is 5.82 Å². The number of hydrogen-bond acceptors (Lipinski definition) is 7. The summed E-state index contributed by atoms with van der Waals surface area (Å²) in [5.41, 5.74) is 2.59. The molecule has 1 saturated heterocycles. The molecule has 0 spiro atoms. The van der Waals surface area contributed by atoms with Gasteiger partial charge in [0.05, 0.1) is 29.0 Å². The molecule has 2 N–H and O–H groups in total. The molecule has 5 heterocycles. The van der Waals surface area contributed by atoms with Crippen LogP contribution in [0.15, 0.2) is 35.3 Å². The fourth-order valence-electron chi connectivity index (χ4n) is 5.27. The summed E-state index contributed by atoms with van der Waals surface area (Å²) >= 11 is 0. The molecule has 1 amide bonds. The van der Waals surface area contributed by atoms with Gasteiger partial charge in [-0.15, -0.1) is 0 Å². The Morgan fingerprint density at radius 2 is 2.03 bits per heavy atom. The number of pyridine rings is 1. The van der Waals surface area contributed by atoms with Crippen LogP contribution in [0.25, 0.3) is 11.0 Å². The molecule has 0 aliphatic carbocycles. The van der Waals surface area contributed by atoms with Gasteiger partial charge in [-0.2, -0.15) is 0 Å². The van der Waals surface area contributed by atoms with Crippen molar-refractivity contribution >= 4 is 22.8 Å². The van der Waals surface area contributed by atoms with E-state index in [0.29, 0.717) is 53.7 Å². The predicted octanol–water partition coefficient (Wildman–Crippen LogP) is 1.61. The van der Waals surface area contributed by atoms with Gasteiger partial charge < -0.3 is 24.8 Å². The van der Waals surface area contributed by atoms with Crippen LogP contribution in [0.1, 0.15) is 30.1 Å². The molecule has 1 aromatic carbocycles. The Bertz CT molecular complexity index is 1330. The summed E-state index contributed by atoms with van der Waals surface area (Å²) < 4.78 is 21.5. The van der Waals surface area contributed by atoms with Gasteiger partial charge in [-0.25, -0.2) is 14.4 Å². The first-order chi connectivity index (χ1) is 16.5. The number of nitrogens with zero attached hydrogens (tertiary/aromatic N) is 4. The van der Waals surface area contributed by atoms with Crippen LogP contribution in [0.5, 0.6) is 5.75 Å². The molecule has 10 heteroatoms. The van der Waals surface area contributed by atoms with E-state index in [1.807, 2.05) is 12.1 Å². The van der Waals surface area contributed by atoms with Crippen LogP contribution < -0.4 is 20.9 Å². The Morgan fingerprint density at radius 1 is 1.18 bits per heavy atom. The highest BCUT2D eigenvalue weighted by Gasteiger charge is 2.31. The number of halogens is 1. The molecule has 2 aromatic heterocycles. The average molecular weight is 465 g/mol. The van der Waals surface area contributed by atoms with Gasteiger partial charge >= 0.3 is 0 Å². The SMILES string of the molecule is O=C1COc2ccc(CNC3CCN(CC4Cc5c(F)ccc6ncc(=O)n4c56)CC3)nc2N1. The summed E-state index contributed by atoms with van der Waals surface area (Å²) in [5.74, 6) is 0.609. The molecule has 3 aliphatic heterocycles. The molecule has 1 unspecified atom stereocenters. The summed E-state index contributed by atoms with van der Waals surface area (Å²) in [6.07, 6.45) is 3.80. The lowest BCUT2D eigenvalue weighted by Crippen LogP contribution is -2.44. The van der Waals surface area contributed by atoms with Gasteiger partial charge in [-0.05, 0) is 56.6 Å². The van der Waals surface area contributed by atoms with Gasteiger partial charge in [0.15, 0.2) is 18.2 Å². The Labute approximate surface area is 194 Å². The maximum absolute atomic E-state index is 14.4. The number of fused-ring (bicyclic) bond motifs is 1. The highest BCUT2D eigenvalue weighted by molar-refractivity contribution is 5.94. The number of benzene rings is 1. The maximum Gasteiger partial charge on any atom is 0.269 e. The number of nitrogens with one attached hydrogen (secondary N) is 2.